The first-order chi connectivity index (χ1) is 34.1. The zero-order valence-corrected chi connectivity index (χ0v) is 43.1. The van der Waals surface area contributed by atoms with Gasteiger partial charge < -0.3 is 45.1 Å². The lowest BCUT2D eigenvalue weighted by molar-refractivity contribution is -0.161. The molecule has 2 heterocycles. The van der Waals surface area contributed by atoms with Crippen molar-refractivity contribution in [3.63, 3.8) is 0 Å². The molecule has 1 aromatic heterocycles. The van der Waals surface area contributed by atoms with E-state index in [0.29, 0.717) is 32.1 Å². The number of carbonyl (C=O) groups excluding carboxylic acids is 2. The molecule has 7 N–H and O–H groups in total. The van der Waals surface area contributed by atoms with Crippen LogP contribution in [0.25, 0.3) is 0 Å². The maximum atomic E-state index is 12.8. The fourth-order valence-corrected chi connectivity index (χ4v) is 8.83. The number of nitrogens with two attached hydrogens (primary N) is 1. The van der Waals surface area contributed by atoms with Gasteiger partial charge in [-0.2, -0.15) is 9.29 Å². The van der Waals surface area contributed by atoms with E-state index in [4.69, 9.17) is 29.0 Å². The molecule has 0 bridgehead atoms. The fourth-order valence-electron chi connectivity index (χ4n) is 6.72. The van der Waals surface area contributed by atoms with Crippen LogP contribution in [0.5, 0.6) is 0 Å². The molecule has 1 aromatic rings. The van der Waals surface area contributed by atoms with Crippen molar-refractivity contribution in [1.82, 2.24) is 9.55 Å². The predicted octanol–water partition coefficient (Wildman–Crippen LogP) is 8.86. The van der Waals surface area contributed by atoms with Gasteiger partial charge in [0, 0.05) is 19.0 Å². The Bertz CT molecular complexity index is 2040. The van der Waals surface area contributed by atoms with E-state index in [0.717, 1.165) is 62.1 Å². The van der Waals surface area contributed by atoms with E-state index < -0.39 is 89.8 Å². The van der Waals surface area contributed by atoms with E-state index in [2.05, 4.69) is 59.6 Å². The van der Waals surface area contributed by atoms with Gasteiger partial charge in [-0.15, -0.1) is 0 Å². The van der Waals surface area contributed by atoms with E-state index in [-0.39, 0.29) is 18.7 Å². The van der Waals surface area contributed by atoms with Gasteiger partial charge in [0.1, 0.15) is 30.7 Å². The molecule has 21 heteroatoms. The number of phosphoric ester groups is 2. The van der Waals surface area contributed by atoms with Crippen molar-refractivity contribution in [2.75, 3.05) is 25.6 Å². The Kier molecular flexibility index (Phi) is 33.4. The van der Waals surface area contributed by atoms with Crippen molar-refractivity contribution < 1.29 is 71.4 Å². The summed E-state index contributed by atoms with van der Waals surface area (Å²) >= 11 is 0. The van der Waals surface area contributed by atoms with Gasteiger partial charge >= 0.3 is 33.3 Å². The summed E-state index contributed by atoms with van der Waals surface area (Å²) in [5.74, 6) is -1.44. The average molecular weight is 1040 g/mol. The van der Waals surface area contributed by atoms with Crippen LogP contribution >= 0.6 is 15.6 Å². The molecule has 0 amide bonds. The second kappa shape index (κ2) is 37.6. The number of allylic oxidation sites excluding steroid dienone is 12. The van der Waals surface area contributed by atoms with Crippen molar-refractivity contribution in [3.05, 3.63) is 108 Å². The Balaban J connectivity index is 1.87. The number of hydrogen-bond donors (Lipinski definition) is 6. The lowest BCUT2D eigenvalue weighted by atomic mass is 10.1. The molecule has 2 rings (SSSR count). The number of unbranched alkanes of at least 4 members (excludes halogenated alkanes) is 10. The predicted molar refractivity (Wildman–Crippen MR) is 271 cm³/mol. The standard InChI is InChI=1S/C50H79N3O16P2/c1-3-5-7-9-11-12-13-14-15-16-17-18-22-26-30-34-45(55)64-38-42(67-46(56)35-31-27-23-20-19-21-25-29-33-41(54)32-28-24-10-8-6-4-2)39-65-70(60,61)69-71(62,63)66-40-43-47(57)48(58)49(68-43)53-37-36-44(51)52-50(53)59/h6,8,12-15,20-21,23-25,28-29,33,36-37,41-43,47-49,54,57-58H,3-5,7,9-11,16-19,22,26-27,30-32,34-35,38-40H2,1-2H3,(H,60,61)(H,62,63)(H2,51,52,59)/b8-6-,13-12-,15-14-,23-20-,25-21-,28-24-,33-29+/t41?,42-,43-,47-,48-,49-/m1/s1. The first-order valence-corrected chi connectivity index (χ1v) is 27.7. The summed E-state index contributed by atoms with van der Waals surface area (Å²) in [6.07, 6.45) is 35.6. The van der Waals surface area contributed by atoms with E-state index in [1.807, 2.05) is 36.5 Å². The minimum atomic E-state index is -5.46. The monoisotopic (exact) mass is 1040 g/mol. The number of nitrogens with zero attached hydrogens (tertiary/aromatic N) is 2. The van der Waals surface area contributed by atoms with Gasteiger partial charge in [0.2, 0.25) is 0 Å². The molecule has 0 radical (unpaired) electrons. The Morgan fingerprint density at radius 3 is 2.10 bits per heavy atom. The van der Waals surface area contributed by atoms with Crippen LogP contribution < -0.4 is 11.4 Å². The van der Waals surface area contributed by atoms with Gasteiger partial charge in [-0.05, 0) is 76.7 Å². The number of aliphatic hydroxyl groups excluding tert-OH is 3. The largest absolute Gasteiger partial charge is 0.481 e. The molecule has 19 nitrogen and oxygen atoms in total. The maximum Gasteiger partial charge on any atom is 0.481 e. The average Bonchev–Trinajstić information content (AvgIpc) is 3.60. The van der Waals surface area contributed by atoms with Crippen LogP contribution in [0, 0.1) is 0 Å². The van der Waals surface area contributed by atoms with Crippen molar-refractivity contribution in [1.29, 1.82) is 0 Å². The highest BCUT2D eigenvalue weighted by Crippen LogP contribution is 2.60. The van der Waals surface area contributed by atoms with Gasteiger partial charge in [-0.25, -0.2) is 13.9 Å². The van der Waals surface area contributed by atoms with Crippen LogP contribution in [0.3, 0.4) is 0 Å². The fraction of sp³-hybridized carbons (Fsp3) is 0.600. The molecule has 3 unspecified atom stereocenters. The van der Waals surface area contributed by atoms with Crippen molar-refractivity contribution >= 4 is 33.4 Å². The van der Waals surface area contributed by atoms with E-state index in [1.165, 1.54) is 31.7 Å². The van der Waals surface area contributed by atoms with E-state index >= 15 is 0 Å². The second-order valence-corrected chi connectivity index (χ2v) is 19.9. The highest BCUT2D eigenvalue weighted by Gasteiger charge is 2.46. The van der Waals surface area contributed by atoms with Crippen LogP contribution in [0.4, 0.5) is 5.82 Å². The molecule has 1 aliphatic rings. The summed E-state index contributed by atoms with van der Waals surface area (Å²) in [6, 6.07) is 1.24. The number of aliphatic hydroxyl groups is 3. The summed E-state index contributed by atoms with van der Waals surface area (Å²) < 4.78 is 56.6. The molecule has 400 valence electrons. The molecule has 1 aliphatic heterocycles. The molecule has 8 atom stereocenters. The molecule has 0 aromatic carbocycles. The minimum Gasteiger partial charge on any atom is -0.462 e. The smallest absolute Gasteiger partial charge is 0.462 e. The van der Waals surface area contributed by atoms with Gasteiger partial charge in [0.05, 0.1) is 19.3 Å². The molecule has 71 heavy (non-hydrogen) atoms. The van der Waals surface area contributed by atoms with Crippen LogP contribution in [0.2, 0.25) is 0 Å². The topological polar surface area (TPSA) is 286 Å². The third-order valence-electron chi connectivity index (χ3n) is 10.6. The number of carbonyl (C=O) groups is 2. The summed E-state index contributed by atoms with van der Waals surface area (Å²) in [5, 5.41) is 31.0. The first-order valence-electron chi connectivity index (χ1n) is 24.7. The van der Waals surface area contributed by atoms with Crippen LogP contribution in [-0.4, -0.2) is 96.9 Å². The first kappa shape index (κ1) is 63.0. The van der Waals surface area contributed by atoms with Crippen LogP contribution in [0.15, 0.2) is 102 Å². The number of rotatable bonds is 39. The Morgan fingerprint density at radius 2 is 1.38 bits per heavy atom. The normalized spacial score (nSPS) is 20.3. The lowest BCUT2D eigenvalue weighted by Crippen LogP contribution is -2.36. The molecule has 0 aliphatic carbocycles. The molecule has 0 spiro atoms. The maximum absolute atomic E-state index is 12.8. The Hall–Kier alpha value is -4.10. The minimum absolute atomic E-state index is 0.0682. The highest BCUT2D eigenvalue weighted by molar-refractivity contribution is 7.61. The summed E-state index contributed by atoms with van der Waals surface area (Å²) in [7, 11) is -10.9. The van der Waals surface area contributed by atoms with Gasteiger partial charge in [0.15, 0.2) is 12.3 Å². The summed E-state index contributed by atoms with van der Waals surface area (Å²) in [4.78, 5) is 61.8. The van der Waals surface area contributed by atoms with Gasteiger partial charge in [-0.3, -0.25) is 23.2 Å². The third kappa shape index (κ3) is 30.5. The SMILES string of the molecule is CC/C=C\C/C=C\CC(O)/C=C/C=C\C/C=C\CCCC(=O)O[C@H](COC(=O)CCCCCCC/C=C\C=C/CCCCCC)COP(=O)(O)OP(=O)(O)OC[C@H]1O[C@@H](n2ccc(N)nc2=O)[C@H](O)[C@@H]1O. The van der Waals surface area contributed by atoms with Crippen LogP contribution in [-0.2, 0) is 46.3 Å². The molecular formula is C50H79N3O16P2. The zero-order valence-electron chi connectivity index (χ0n) is 41.4. The summed E-state index contributed by atoms with van der Waals surface area (Å²) in [6.45, 7) is 1.85. The number of ether oxygens (including phenoxy) is 3. The van der Waals surface area contributed by atoms with E-state index in [9.17, 15) is 48.6 Å². The van der Waals surface area contributed by atoms with E-state index in [1.54, 1.807) is 12.2 Å². The number of nitrogen functional groups attached to an aromatic ring is 1. The number of aromatic nitrogens is 2. The number of anilines is 1. The van der Waals surface area contributed by atoms with Crippen molar-refractivity contribution in [2.45, 2.75) is 173 Å². The summed E-state index contributed by atoms with van der Waals surface area (Å²) in [5.41, 5.74) is 4.57. The third-order valence-corrected chi connectivity index (χ3v) is 13.2. The molecule has 0 saturated carbocycles. The number of phosphoric acid groups is 2. The number of esters is 2. The van der Waals surface area contributed by atoms with Crippen molar-refractivity contribution in [2.24, 2.45) is 0 Å². The lowest BCUT2D eigenvalue weighted by Gasteiger charge is -2.21. The zero-order chi connectivity index (χ0) is 52.2. The van der Waals surface area contributed by atoms with Crippen molar-refractivity contribution in [3.8, 4) is 0 Å². The molecule has 1 saturated heterocycles. The Morgan fingerprint density at radius 1 is 0.761 bits per heavy atom. The number of hydrogen-bond acceptors (Lipinski definition) is 16. The highest BCUT2D eigenvalue weighted by atomic mass is 31.3. The quantitative estimate of drug-likeness (QED) is 0.0118. The second-order valence-electron chi connectivity index (χ2n) is 16.8. The van der Waals surface area contributed by atoms with Gasteiger partial charge in [-0.1, -0.05) is 137 Å². The van der Waals surface area contributed by atoms with Gasteiger partial charge in [0.25, 0.3) is 0 Å². The molecule has 1 fully saturated rings. The Labute approximate surface area is 419 Å². The molecular weight excluding hydrogens is 961 g/mol. The van der Waals surface area contributed by atoms with Crippen LogP contribution in [0.1, 0.15) is 142 Å².